The minimum Gasteiger partial charge on any atom is -0.497 e. The van der Waals surface area contributed by atoms with Gasteiger partial charge in [0.05, 0.1) is 42.3 Å². The first kappa shape index (κ1) is 31.2. The lowest BCUT2D eigenvalue weighted by atomic mass is 9.97. The maximum atomic E-state index is 13.8. The van der Waals surface area contributed by atoms with Crippen molar-refractivity contribution >= 4 is 35.0 Å². The van der Waals surface area contributed by atoms with E-state index in [0.717, 1.165) is 39.9 Å². The highest BCUT2D eigenvalue weighted by atomic mass is 32.2. The van der Waals surface area contributed by atoms with E-state index >= 15 is 0 Å². The van der Waals surface area contributed by atoms with Crippen molar-refractivity contribution in [2.75, 3.05) is 12.9 Å². The molecule has 1 aliphatic rings. The lowest BCUT2D eigenvalue weighted by molar-refractivity contribution is -0.384. The predicted molar refractivity (Wildman–Crippen MR) is 174 cm³/mol. The highest BCUT2D eigenvalue weighted by Crippen LogP contribution is 2.34. The molecule has 5 aromatic rings. The van der Waals surface area contributed by atoms with Crippen LogP contribution in [0.1, 0.15) is 45.5 Å². The number of hydrazone groups is 1. The summed E-state index contributed by atoms with van der Waals surface area (Å²) in [6.07, 6.45) is 1.93. The molecule has 3 heterocycles. The molecule has 238 valence electrons. The summed E-state index contributed by atoms with van der Waals surface area (Å²) in [5, 5.41) is 29.2. The molecule has 6 rings (SSSR count). The number of hydrogen-bond acceptors (Lipinski definition) is 10. The number of aryl methyl sites for hydroxylation is 1. The number of nitro groups is 1. The minimum absolute atomic E-state index is 0.0187. The SMILES string of the molecule is COc1ccc(C2=NN(C(=O)CSc3nnc(CNC(=O)c4ccco4)n3-c3ccc([N+](=O)[O-])cc3)[C@H](c3ccc(C)cc3)C2)cc1. The first-order valence-corrected chi connectivity index (χ1v) is 15.5. The largest absolute Gasteiger partial charge is 0.497 e. The van der Waals surface area contributed by atoms with Crippen LogP contribution in [0.2, 0.25) is 0 Å². The van der Waals surface area contributed by atoms with Crippen LogP contribution in [0.3, 0.4) is 0 Å². The van der Waals surface area contributed by atoms with Crippen LogP contribution in [0.15, 0.2) is 106 Å². The zero-order valence-electron chi connectivity index (χ0n) is 25.4. The van der Waals surface area contributed by atoms with Crippen molar-refractivity contribution in [2.24, 2.45) is 5.10 Å². The summed E-state index contributed by atoms with van der Waals surface area (Å²) in [5.41, 5.74) is 4.19. The van der Waals surface area contributed by atoms with Crippen LogP contribution in [-0.4, -0.2) is 55.1 Å². The van der Waals surface area contributed by atoms with Gasteiger partial charge in [-0.1, -0.05) is 41.6 Å². The highest BCUT2D eigenvalue weighted by Gasteiger charge is 2.33. The summed E-state index contributed by atoms with van der Waals surface area (Å²) >= 11 is 1.15. The van der Waals surface area contributed by atoms with Crippen molar-refractivity contribution in [2.45, 2.75) is 31.1 Å². The number of nitrogens with one attached hydrogen (secondary N) is 1. The van der Waals surface area contributed by atoms with Crippen LogP contribution in [0.4, 0.5) is 5.69 Å². The molecule has 0 fully saturated rings. The Bertz CT molecular complexity index is 1920. The fraction of sp³-hybridized carbons (Fsp3) is 0.182. The summed E-state index contributed by atoms with van der Waals surface area (Å²) in [6.45, 7) is 1.99. The average Bonchev–Trinajstić information content (AvgIpc) is 3.87. The van der Waals surface area contributed by atoms with Crippen molar-refractivity contribution < 1.29 is 23.7 Å². The molecule has 1 N–H and O–H groups in total. The Morgan fingerprint density at radius 1 is 1.04 bits per heavy atom. The maximum Gasteiger partial charge on any atom is 0.287 e. The molecular formula is C33H29N7O6S. The number of non-ortho nitro benzene ring substituents is 1. The van der Waals surface area contributed by atoms with Gasteiger partial charge in [0.25, 0.3) is 17.5 Å². The van der Waals surface area contributed by atoms with E-state index < -0.39 is 10.8 Å². The van der Waals surface area contributed by atoms with E-state index in [1.165, 1.54) is 29.5 Å². The second-order valence-electron chi connectivity index (χ2n) is 10.6. The predicted octanol–water partition coefficient (Wildman–Crippen LogP) is 5.49. The third-order valence-corrected chi connectivity index (χ3v) is 8.46. The van der Waals surface area contributed by atoms with Gasteiger partial charge in [0, 0.05) is 24.2 Å². The second kappa shape index (κ2) is 13.7. The van der Waals surface area contributed by atoms with Crippen molar-refractivity contribution in [3.8, 4) is 11.4 Å². The Morgan fingerprint density at radius 3 is 2.45 bits per heavy atom. The zero-order valence-corrected chi connectivity index (χ0v) is 26.2. The van der Waals surface area contributed by atoms with Crippen LogP contribution >= 0.6 is 11.8 Å². The van der Waals surface area contributed by atoms with Gasteiger partial charge in [0.1, 0.15) is 5.75 Å². The van der Waals surface area contributed by atoms with Crippen molar-refractivity contribution in [1.29, 1.82) is 0 Å². The number of amides is 2. The summed E-state index contributed by atoms with van der Waals surface area (Å²) in [5.74, 6) is 0.506. The summed E-state index contributed by atoms with van der Waals surface area (Å²) in [6, 6.07) is 24.3. The molecule has 2 aromatic heterocycles. The summed E-state index contributed by atoms with van der Waals surface area (Å²) in [7, 11) is 1.61. The third-order valence-electron chi connectivity index (χ3n) is 7.55. The third kappa shape index (κ3) is 6.92. The molecule has 1 aliphatic heterocycles. The normalized spacial score (nSPS) is 14.1. The Balaban J connectivity index is 1.26. The number of rotatable bonds is 11. The van der Waals surface area contributed by atoms with Gasteiger partial charge in [0.15, 0.2) is 16.7 Å². The Kier molecular flexibility index (Phi) is 9.11. The summed E-state index contributed by atoms with van der Waals surface area (Å²) in [4.78, 5) is 37.2. The van der Waals surface area contributed by atoms with E-state index in [1.54, 1.807) is 29.9 Å². The standard InChI is InChI=1S/C33H29N7O6S/c1-21-5-7-23(8-6-21)28-18-27(22-9-15-26(45-2)16-10-22)37-39(28)31(41)20-47-33-36-35-30(19-34-32(42)29-4-3-17-46-29)38(33)24-11-13-25(14-12-24)40(43)44/h3-17,28H,18-20H2,1-2H3,(H,34,42)/t28-/m0/s1. The number of carbonyl (C=O) groups is 2. The van der Waals surface area contributed by atoms with Gasteiger partial charge < -0.3 is 14.5 Å². The highest BCUT2D eigenvalue weighted by molar-refractivity contribution is 7.99. The van der Waals surface area contributed by atoms with Crippen molar-refractivity contribution in [3.05, 3.63) is 130 Å². The molecule has 0 spiro atoms. The molecule has 0 aliphatic carbocycles. The fourth-order valence-electron chi connectivity index (χ4n) is 5.08. The first-order chi connectivity index (χ1) is 22.8. The van der Waals surface area contributed by atoms with Crippen molar-refractivity contribution in [1.82, 2.24) is 25.1 Å². The van der Waals surface area contributed by atoms with Gasteiger partial charge in [-0.15, -0.1) is 10.2 Å². The number of nitrogens with zero attached hydrogens (tertiary/aromatic N) is 6. The van der Waals surface area contributed by atoms with Crippen LogP contribution < -0.4 is 10.1 Å². The molecule has 0 radical (unpaired) electrons. The average molecular weight is 652 g/mol. The molecule has 0 unspecified atom stereocenters. The van der Waals surface area contributed by atoms with Crippen LogP contribution in [0.25, 0.3) is 5.69 Å². The molecule has 14 heteroatoms. The maximum absolute atomic E-state index is 13.8. The first-order valence-electron chi connectivity index (χ1n) is 14.5. The number of hydrogen-bond donors (Lipinski definition) is 1. The number of carbonyl (C=O) groups excluding carboxylic acids is 2. The van der Waals surface area contributed by atoms with E-state index in [-0.39, 0.29) is 35.7 Å². The monoisotopic (exact) mass is 651 g/mol. The molecule has 1 atom stereocenters. The van der Waals surface area contributed by atoms with Gasteiger partial charge in [-0.3, -0.25) is 24.3 Å². The number of furan rings is 1. The lowest BCUT2D eigenvalue weighted by Gasteiger charge is -2.22. The molecule has 0 bridgehead atoms. The van der Waals surface area contributed by atoms with Gasteiger partial charge >= 0.3 is 0 Å². The van der Waals surface area contributed by atoms with Crippen LogP contribution in [-0.2, 0) is 11.3 Å². The molecule has 47 heavy (non-hydrogen) atoms. The fourth-order valence-corrected chi connectivity index (χ4v) is 5.91. The number of methoxy groups -OCH3 is 1. The van der Waals surface area contributed by atoms with E-state index in [2.05, 4.69) is 15.5 Å². The Labute approximate surface area is 273 Å². The smallest absolute Gasteiger partial charge is 0.287 e. The lowest BCUT2D eigenvalue weighted by Crippen LogP contribution is -2.28. The molecule has 3 aromatic carbocycles. The van der Waals surface area contributed by atoms with Crippen LogP contribution in [0.5, 0.6) is 5.75 Å². The number of nitro benzene ring substituents is 1. The van der Waals surface area contributed by atoms with Crippen molar-refractivity contribution in [3.63, 3.8) is 0 Å². The number of benzene rings is 3. The molecule has 13 nitrogen and oxygen atoms in total. The molecule has 2 amide bonds. The van der Waals surface area contributed by atoms with E-state index in [4.69, 9.17) is 14.3 Å². The van der Waals surface area contributed by atoms with E-state index in [1.807, 2.05) is 55.5 Å². The molecular weight excluding hydrogens is 622 g/mol. The quantitative estimate of drug-likeness (QED) is 0.111. The molecule has 0 saturated heterocycles. The van der Waals surface area contributed by atoms with E-state index in [9.17, 15) is 19.7 Å². The Hall–Kier alpha value is -5.76. The minimum atomic E-state index is -0.490. The number of ether oxygens (including phenoxy) is 1. The number of aromatic nitrogens is 3. The summed E-state index contributed by atoms with van der Waals surface area (Å²) < 4.78 is 12.1. The van der Waals surface area contributed by atoms with Gasteiger partial charge in [-0.25, -0.2) is 5.01 Å². The number of thioether (sulfide) groups is 1. The van der Waals surface area contributed by atoms with E-state index in [0.29, 0.717) is 23.1 Å². The van der Waals surface area contributed by atoms with Gasteiger partial charge in [0.2, 0.25) is 0 Å². The topological polar surface area (TPSA) is 158 Å². The van der Waals surface area contributed by atoms with Gasteiger partial charge in [-0.2, -0.15) is 5.10 Å². The molecule has 0 saturated carbocycles. The Morgan fingerprint density at radius 2 is 1.79 bits per heavy atom. The zero-order chi connectivity index (χ0) is 32.9. The van der Waals surface area contributed by atoms with Crippen LogP contribution in [0, 0.1) is 17.0 Å². The van der Waals surface area contributed by atoms with Gasteiger partial charge in [-0.05, 0) is 66.6 Å². The second-order valence-corrected chi connectivity index (χ2v) is 11.5.